The number of piperidine rings is 1. The van der Waals surface area contributed by atoms with Gasteiger partial charge in [0.25, 0.3) is 0 Å². The molecule has 0 bridgehead atoms. The minimum absolute atomic E-state index is 0.0195. The number of carbonyl (C=O) groups is 1. The van der Waals surface area contributed by atoms with Gasteiger partial charge in [0.1, 0.15) is 12.4 Å². The molecule has 142 valence electrons. The number of anilines is 1. The Labute approximate surface area is 154 Å². The van der Waals surface area contributed by atoms with Gasteiger partial charge in [-0.25, -0.2) is 27.2 Å². The van der Waals surface area contributed by atoms with E-state index in [1.54, 1.807) is 18.6 Å². The lowest BCUT2D eigenvalue weighted by Crippen LogP contribution is -2.37. The Balaban J connectivity index is 1.70. The summed E-state index contributed by atoms with van der Waals surface area (Å²) in [6.45, 7) is 0.596. The monoisotopic (exact) mass is 400 g/mol. The topological polar surface area (TPSA) is 119 Å². The van der Waals surface area contributed by atoms with Crippen LogP contribution in [-0.2, 0) is 28.4 Å². The summed E-state index contributed by atoms with van der Waals surface area (Å²) in [7, 11) is -1.59. The van der Waals surface area contributed by atoms with Crippen LogP contribution in [0.1, 0.15) is 24.6 Å². The van der Waals surface area contributed by atoms with Crippen molar-refractivity contribution < 1.29 is 13.2 Å². The van der Waals surface area contributed by atoms with E-state index >= 15 is 0 Å². The Morgan fingerprint density at radius 2 is 2.08 bits per heavy atom. The van der Waals surface area contributed by atoms with Crippen molar-refractivity contribution in [3.05, 3.63) is 27.9 Å². The Bertz CT molecular complexity index is 939. The average Bonchev–Trinajstić information content (AvgIpc) is 3.18. The molecular weight excluding hydrogens is 380 g/mol. The van der Waals surface area contributed by atoms with E-state index in [4.69, 9.17) is 0 Å². The van der Waals surface area contributed by atoms with Crippen molar-refractivity contribution in [3.63, 3.8) is 0 Å². The second kappa shape index (κ2) is 7.29. The molecule has 0 aliphatic carbocycles. The first-order valence-electron chi connectivity index (χ1n) is 8.04. The van der Waals surface area contributed by atoms with Gasteiger partial charge in [0.2, 0.25) is 15.9 Å². The highest BCUT2D eigenvalue weighted by Crippen LogP contribution is 2.26. The third-order valence-electron chi connectivity index (χ3n) is 4.33. The molecule has 0 aromatic carbocycles. The summed E-state index contributed by atoms with van der Waals surface area (Å²) < 4.78 is 27.2. The highest BCUT2D eigenvalue weighted by Gasteiger charge is 2.29. The van der Waals surface area contributed by atoms with E-state index in [0.717, 1.165) is 4.68 Å². The lowest BCUT2D eigenvalue weighted by molar-refractivity contribution is -0.117. The summed E-state index contributed by atoms with van der Waals surface area (Å²) >= 11 is 1.29. The standard InChI is InChI=1S/C14H20N6O4S2/c1-18-12(10-3-6-19(7-4-10)26(2,23)24)17-20(14(18)22)9-11(21)16-13-15-5-8-25-13/h5,8,10H,3-4,6-7,9H2,1-2H3,(H,15,16,21). The van der Waals surface area contributed by atoms with Crippen LogP contribution < -0.4 is 11.0 Å². The van der Waals surface area contributed by atoms with E-state index in [1.807, 2.05) is 0 Å². The first-order valence-corrected chi connectivity index (χ1v) is 10.8. The molecule has 1 N–H and O–H groups in total. The van der Waals surface area contributed by atoms with Crippen LogP contribution in [0.5, 0.6) is 0 Å². The smallest absolute Gasteiger partial charge is 0.300 e. The van der Waals surface area contributed by atoms with Crippen molar-refractivity contribution in [2.75, 3.05) is 24.7 Å². The molecule has 0 unspecified atom stereocenters. The normalized spacial score (nSPS) is 16.7. The van der Waals surface area contributed by atoms with Crippen LogP contribution in [0, 0.1) is 0 Å². The molecule has 0 spiro atoms. The zero-order chi connectivity index (χ0) is 18.9. The Hall–Kier alpha value is -2.05. The van der Waals surface area contributed by atoms with Crippen molar-refractivity contribution in [2.45, 2.75) is 25.3 Å². The molecule has 2 aromatic rings. The molecular formula is C14H20N6O4S2. The van der Waals surface area contributed by atoms with Crippen molar-refractivity contribution in [2.24, 2.45) is 7.05 Å². The van der Waals surface area contributed by atoms with Gasteiger partial charge in [-0.05, 0) is 12.8 Å². The third-order valence-corrected chi connectivity index (χ3v) is 6.33. The maximum Gasteiger partial charge on any atom is 0.346 e. The van der Waals surface area contributed by atoms with Crippen LogP contribution in [-0.4, -0.2) is 57.3 Å². The molecule has 1 aliphatic heterocycles. The van der Waals surface area contributed by atoms with Gasteiger partial charge in [-0.3, -0.25) is 9.36 Å². The highest BCUT2D eigenvalue weighted by atomic mass is 32.2. The fourth-order valence-corrected chi connectivity index (χ4v) is 4.41. The van der Waals surface area contributed by atoms with Crippen LogP contribution in [0.2, 0.25) is 0 Å². The minimum atomic E-state index is -3.20. The molecule has 12 heteroatoms. The number of nitrogens with zero attached hydrogens (tertiary/aromatic N) is 5. The molecule has 1 fully saturated rings. The Morgan fingerprint density at radius 1 is 1.38 bits per heavy atom. The maximum absolute atomic E-state index is 12.4. The SMILES string of the molecule is Cn1c(C2CCN(S(C)(=O)=O)CC2)nn(CC(=O)Nc2nccs2)c1=O. The number of thiazole rings is 1. The molecule has 1 aliphatic rings. The summed E-state index contributed by atoms with van der Waals surface area (Å²) in [5, 5.41) is 9.13. The summed E-state index contributed by atoms with van der Waals surface area (Å²) in [4.78, 5) is 28.4. The van der Waals surface area contributed by atoms with Gasteiger partial charge in [0, 0.05) is 37.6 Å². The zero-order valence-electron chi connectivity index (χ0n) is 14.5. The van der Waals surface area contributed by atoms with Crippen molar-refractivity contribution >= 4 is 32.4 Å². The second-order valence-electron chi connectivity index (χ2n) is 6.18. The van der Waals surface area contributed by atoms with E-state index in [-0.39, 0.29) is 24.1 Å². The fourth-order valence-electron chi connectivity index (χ4n) is 2.99. The second-order valence-corrected chi connectivity index (χ2v) is 9.06. The minimum Gasteiger partial charge on any atom is -0.300 e. The lowest BCUT2D eigenvalue weighted by Gasteiger charge is -2.29. The molecule has 3 heterocycles. The molecule has 0 radical (unpaired) electrons. The molecule has 1 saturated heterocycles. The number of sulfonamides is 1. The Kier molecular flexibility index (Phi) is 5.25. The summed E-state index contributed by atoms with van der Waals surface area (Å²) in [5.74, 6) is 0.178. The van der Waals surface area contributed by atoms with Crippen LogP contribution in [0.4, 0.5) is 5.13 Å². The molecule has 26 heavy (non-hydrogen) atoms. The lowest BCUT2D eigenvalue weighted by atomic mass is 9.97. The van der Waals surface area contributed by atoms with E-state index in [0.29, 0.717) is 36.9 Å². The quantitative estimate of drug-likeness (QED) is 0.743. The van der Waals surface area contributed by atoms with E-state index in [1.165, 1.54) is 26.5 Å². The van der Waals surface area contributed by atoms with Gasteiger partial charge in [-0.15, -0.1) is 11.3 Å². The predicted octanol–water partition coefficient (Wildman–Crippen LogP) is -0.184. The van der Waals surface area contributed by atoms with Crippen molar-refractivity contribution in [1.82, 2.24) is 23.6 Å². The van der Waals surface area contributed by atoms with E-state index < -0.39 is 10.0 Å². The van der Waals surface area contributed by atoms with E-state index in [9.17, 15) is 18.0 Å². The largest absolute Gasteiger partial charge is 0.346 e. The van der Waals surface area contributed by atoms with Gasteiger partial charge >= 0.3 is 5.69 Å². The summed E-state index contributed by atoms with van der Waals surface area (Å²) in [6.07, 6.45) is 3.94. The van der Waals surface area contributed by atoms with Gasteiger partial charge < -0.3 is 5.32 Å². The first-order chi connectivity index (χ1) is 12.3. The average molecular weight is 400 g/mol. The van der Waals surface area contributed by atoms with Crippen LogP contribution in [0.15, 0.2) is 16.4 Å². The van der Waals surface area contributed by atoms with Crippen molar-refractivity contribution in [3.8, 4) is 0 Å². The molecule has 2 aromatic heterocycles. The van der Waals surface area contributed by atoms with Crippen molar-refractivity contribution in [1.29, 1.82) is 0 Å². The van der Waals surface area contributed by atoms with Gasteiger partial charge in [0.15, 0.2) is 5.13 Å². The highest BCUT2D eigenvalue weighted by molar-refractivity contribution is 7.88. The number of hydrogen-bond donors (Lipinski definition) is 1. The molecule has 1 amide bonds. The third kappa shape index (κ3) is 4.02. The number of hydrogen-bond acceptors (Lipinski definition) is 7. The predicted molar refractivity (Wildman–Crippen MR) is 96.6 cm³/mol. The van der Waals surface area contributed by atoms with Gasteiger partial charge in [-0.2, -0.15) is 5.10 Å². The van der Waals surface area contributed by atoms with Crippen LogP contribution in [0.25, 0.3) is 0 Å². The van der Waals surface area contributed by atoms with Gasteiger partial charge in [0.05, 0.1) is 6.26 Å². The number of amides is 1. The van der Waals surface area contributed by atoms with Crippen LogP contribution in [0.3, 0.4) is 0 Å². The van der Waals surface area contributed by atoms with Gasteiger partial charge in [-0.1, -0.05) is 0 Å². The number of nitrogens with one attached hydrogen (secondary N) is 1. The molecule has 0 atom stereocenters. The number of carbonyl (C=O) groups excluding carboxylic acids is 1. The van der Waals surface area contributed by atoms with Crippen LogP contribution >= 0.6 is 11.3 Å². The number of rotatable bonds is 5. The Morgan fingerprint density at radius 3 is 2.65 bits per heavy atom. The van der Waals surface area contributed by atoms with E-state index in [2.05, 4.69) is 15.4 Å². The maximum atomic E-state index is 12.4. The molecule has 3 rings (SSSR count). The summed E-state index contributed by atoms with van der Waals surface area (Å²) in [6, 6.07) is 0. The fraction of sp³-hybridized carbons (Fsp3) is 0.571. The molecule has 0 saturated carbocycles. The number of aromatic nitrogens is 4. The zero-order valence-corrected chi connectivity index (χ0v) is 16.1. The first kappa shape index (κ1) is 18.7. The molecule has 10 nitrogen and oxygen atoms in total. The summed E-state index contributed by atoms with van der Waals surface area (Å²) in [5.41, 5.74) is -0.375.